The van der Waals surface area contributed by atoms with Crippen LogP contribution in [-0.4, -0.2) is 4.99 Å². The molecule has 0 radical (unpaired) electrons. The molecule has 0 fully saturated rings. The van der Waals surface area contributed by atoms with Crippen LogP contribution in [0.2, 0.25) is 10.0 Å². The zero-order valence-electron chi connectivity index (χ0n) is 9.58. The average molecular weight is 376 g/mol. The standard InChI is InChI=1S/C13H9BrCl2N2S/c14-7-4-5-10(9(16)6-7)18-11-3-1-2-8(15)12(11)13(17)19/h1-6,18H,(H2,17,19). The molecule has 0 saturated carbocycles. The lowest BCUT2D eigenvalue weighted by molar-refractivity contribution is 1.51. The van der Waals surface area contributed by atoms with Crippen molar-refractivity contribution in [3.63, 3.8) is 0 Å². The first kappa shape index (κ1) is 14.6. The van der Waals surface area contributed by atoms with E-state index in [1.54, 1.807) is 12.1 Å². The Morgan fingerprint density at radius 2 is 1.84 bits per heavy atom. The quantitative estimate of drug-likeness (QED) is 0.730. The average Bonchev–Trinajstić information content (AvgIpc) is 2.32. The van der Waals surface area contributed by atoms with Crippen LogP contribution in [-0.2, 0) is 0 Å². The number of thiocarbonyl (C=S) groups is 1. The van der Waals surface area contributed by atoms with Gasteiger partial charge in [-0.05, 0) is 30.3 Å². The lowest BCUT2D eigenvalue weighted by atomic mass is 10.1. The maximum absolute atomic E-state index is 6.16. The summed E-state index contributed by atoms with van der Waals surface area (Å²) in [6.07, 6.45) is 0. The van der Waals surface area contributed by atoms with E-state index < -0.39 is 0 Å². The van der Waals surface area contributed by atoms with E-state index >= 15 is 0 Å². The van der Waals surface area contributed by atoms with Gasteiger partial charge in [-0.3, -0.25) is 0 Å². The number of anilines is 2. The molecule has 2 nitrogen and oxygen atoms in total. The number of benzene rings is 2. The van der Waals surface area contributed by atoms with E-state index in [1.807, 2.05) is 24.3 Å². The van der Waals surface area contributed by atoms with Gasteiger partial charge in [-0.15, -0.1) is 0 Å². The van der Waals surface area contributed by atoms with Crippen molar-refractivity contribution >= 4 is 67.7 Å². The van der Waals surface area contributed by atoms with Crippen molar-refractivity contribution in [3.05, 3.63) is 56.5 Å². The van der Waals surface area contributed by atoms with Crippen molar-refractivity contribution in [3.8, 4) is 0 Å². The molecule has 2 aromatic rings. The van der Waals surface area contributed by atoms with Crippen molar-refractivity contribution in [2.45, 2.75) is 0 Å². The largest absolute Gasteiger partial charge is 0.389 e. The van der Waals surface area contributed by atoms with E-state index in [1.165, 1.54) is 0 Å². The van der Waals surface area contributed by atoms with E-state index in [4.69, 9.17) is 41.2 Å². The third kappa shape index (κ3) is 3.39. The second kappa shape index (κ2) is 6.09. The second-order valence-corrected chi connectivity index (χ2v) is 5.95. The van der Waals surface area contributed by atoms with Gasteiger partial charge in [-0.2, -0.15) is 0 Å². The van der Waals surface area contributed by atoms with Gasteiger partial charge in [-0.25, -0.2) is 0 Å². The smallest absolute Gasteiger partial charge is 0.107 e. The van der Waals surface area contributed by atoms with E-state index in [0.29, 0.717) is 15.6 Å². The van der Waals surface area contributed by atoms with Gasteiger partial charge >= 0.3 is 0 Å². The van der Waals surface area contributed by atoms with Crippen LogP contribution in [0, 0.1) is 0 Å². The van der Waals surface area contributed by atoms with Gasteiger partial charge in [0.05, 0.1) is 27.0 Å². The van der Waals surface area contributed by atoms with Crippen LogP contribution in [0.3, 0.4) is 0 Å². The molecule has 6 heteroatoms. The van der Waals surface area contributed by atoms with Crippen LogP contribution >= 0.6 is 51.3 Å². The fraction of sp³-hybridized carbons (Fsp3) is 0. The van der Waals surface area contributed by atoms with Crippen molar-refractivity contribution < 1.29 is 0 Å². The highest BCUT2D eigenvalue weighted by Gasteiger charge is 2.11. The zero-order chi connectivity index (χ0) is 14.0. The molecule has 2 rings (SSSR count). The molecule has 0 spiro atoms. The number of hydrogen-bond donors (Lipinski definition) is 2. The normalized spacial score (nSPS) is 10.3. The van der Waals surface area contributed by atoms with Gasteiger partial charge in [0.15, 0.2) is 0 Å². The Bertz CT molecular complexity index is 647. The molecule has 0 saturated heterocycles. The minimum Gasteiger partial charge on any atom is -0.389 e. The molecular formula is C13H9BrCl2N2S. The van der Waals surface area contributed by atoms with Crippen LogP contribution in [0.5, 0.6) is 0 Å². The summed E-state index contributed by atoms with van der Waals surface area (Å²) >= 11 is 20.6. The maximum atomic E-state index is 6.16. The molecule has 19 heavy (non-hydrogen) atoms. The molecular weight excluding hydrogens is 367 g/mol. The fourth-order valence-corrected chi connectivity index (χ4v) is 2.89. The molecule has 0 heterocycles. The summed E-state index contributed by atoms with van der Waals surface area (Å²) in [5, 5.41) is 4.28. The summed E-state index contributed by atoms with van der Waals surface area (Å²) in [5.41, 5.74) is 7.79. The Morgan fingerprint density at radius 1 is 1.11 bits per heavy atom. The molecule has 0 aliphatic rings. The predicted molar refractivity (Wildman–Crippen MR) is 89.8 cm³/mol. The van der Waals surface area contributed by atoms with Gasteiger partial charge in [0, 0.05) is 4.47 Å². The summed E-state index contributed by atoms with van der Waals surface area (Å²) in [6, 6.07) is 11.0. The fourth-order valence-electron chi connectivity index (χ4n) is 1.61. The Morgan fingerprint density at radius 3 is 2.47 bits per heavy atom. The Hall–Kier alpha value is -0.810. The third-order valence-electron chi connectivity index (χ3n) is 2.46. The van der Waals surface area contributed by atoms with Crippen LogP contribution < -0.4 is 11.1 Å². The topological polar surface area (TPSA) is 38.0 Å². The number of nitrogens with one attached hydrogen (secondary N) is 1. The van der Waals surface area contributed by atoms with E-state index in [0.717, 1.165) is 15.8 Å². The summed E-state index contributed by atoms with van der Waals surface area (Å²) < 4.78 is 0.906. The Labute approximate surface area is 135 Å². The number of hydrogen-bond acceptors (Lipinski definition) is 2. The van der Waals surface area contributed by atoms with Gasteiger partial charge in [0.2, 0.25) is 0 Å². The third-order valence-corrected chi connectivity index (χ3v) is 3.79. The summed E-state index contributed by atoms with van der Waals surface area (Å²) in [7, 11) is 0. The number of rotatable bonds is 3. The second-order valence-electron chi connectivity index (χ2n) is 3.78. The SMILES string of the molecule is NC(=S)c1c(Cl)cccc1Nc1ccc(Br)cc1Cl. The molecule has 0 aliphatic carbocycles. The molecule has 0 aliphatic heterocycles. The molecule has 2 aromatic carbocycles. The van der Waals surface area contributed by atoms with Crippen LogP contribution in [0.25, 0.3) is 0 Å². The van der Waals surface area contributed by atoms with Crippen molar-refractivity contribution in [2.24, 2.45) is 5.73 Å². The highest BCUT2D eigenvalue weighted by atomic mass is 79.9. The Kier molecular flexibility index (Phi) is 4.68. The molecule has 0 aromatic heterocycles. The van der Waals surface area contributed by atoms with E-state index in [9.17, 15) is 0 Å². The van der Waals surface area contributed by atoms with Crippen molar-refractivity contribution in [2.75, 3.05) is 5.32 Å². The van der Waals surface area contributed by atoms with Crippen molar-refractivity contribution in [1.82, 2.24) is 0 Å². The highest BCUT2D eigenvalue weighted by molar-refractivity contribution is 9.10. The van der Waals surface area contributed by atoms with Gasteiger partial charge in [0.1, 0.15) is 4.99 Å². The first-order valence-electron chi connectivity index (χ1n) is 5.29. The minimum absolute atomic E-state index is 0.237. The summed E-state index contributed by atoms with van der Waals surface area (Å²) in [4.78, 5) is 0.237. The lowest BCUT2D eigenvalue weighted by Crippen LogP contribution is -2.12. The van der Waals surface area contributed by atoms with Crippen LogP contribution in [0.4, 0.5) is 11.4 Å². The molecule has 0 bridgehead atoms. The van der Waals surface area contributed by atoms with Crippen LogP contribution in [0.1, 0.15) is 5.56 Å². The molecule has 98 valence electrons. The first-order chi connectivity index (χ1) is 8.99. The maximum Gasteiger partial charge on any atom is 0.107 e. The van der Waals surface area contributed by atoms with Crippen molar-refractivity contribution in [1.29, 1.82) is 0 Å². The Balaban J connectivity index is 2.44. The molecule has 0 unspecified atom stereocenters. The summed E-state index contributed by atoms with van der Waals surface area (Å²) in [6.45, 7) is 0. The molecule has 0 atom stereocenters. The predicted octanol–water partition coefficient (Wildman–Crippen LogP) is 5.13. The summed E-state index contributed by atoms with van der Waals surface area (Å²) in [5.74, 6) is 0. The van der Waals surface area contributed by atoms with Crippen LogP contribution in [0.15, 0.2) is 40.9 Å². The monoisotopic (exact) mass is 374 g/mol. The highest BCUT2D eigenvalue weighted by Crippen LogP contribution is 2.31. The lowest BCUT2D eigenvalue weighted by Gasteiger charge is -2.13. The minimum atomic E-state index is 0.237. The van der Waals surface area contributed by atoms with E-state index in [2.05, 4.69) is 21.2 Å². The van der Waals surface area contributed by atoms with Gasteiger partial charge in [0.25, 0.3) is 0 Å². The zero-order valence-corrected chi connectivity index (χ0v) is 13.5. The van der Waals surface area contributed by atoms with Gasteiger partial charge in [-0.1, -0.05) is 57.4 Å². The number of nitrogens with two attached hydrogens (primary N) is 1. The van der Waals surface area contributed by atoms with E-state index in [-0.39, 0.29) is 4.99 Å². The first-order valence-corrected chi connectivity index (χ1v) is 7.25. The van der Waals surface area contributed by atoms with Gasteiger partial charge < -0.3 is 11.1 Å². The number of halogens is 3. The molecule has 3 N–H and O–H groups in total. The molecule has 0 amide bonds.